The lowest BCUT2D eigenvalue weighted by Crippen LogP contribution is -1.96. The Bertz CT molecular complexity index is 376. The first-order valence-corrected chi connectivity index (χ1v) is 5.35. The molecule has 12 heavy (non-hydrogen) atoms. The highest BCUT2D eigenvalue weighted by atomic mass is 35.7. The summed E-state index contributed by atoms with van der Waals surface area (Å²) in [7, 11) is 1.23. The van der Waals surface area contributed by atoms with Crippen molar-refractivity contribution in [2.45, 2.75) is 11.6 Å². The summed E-state index contributed by atoms with van der Waals surface area (Å²) in [5, 5.41) is 8.42. The lowest BCUT2D eigenvalue weighted by atomic mass is 10.3. The number of aliphatic hydroxyl groups excluding tert-OH is 1. The Balaban J connectivity index is 3.20. The lowest BCUT2D eigenvalue weighted by molar-refractivity contribution is 0.281. The summed E-state index contributed by atoms with van der Waals surface area (Å²) in [5.74, 6) is 0. The fourth-order valence-electron chi connectivity index (χ4n) is 0.682. The molecule has 0 fully saturated rings. The molecule has 0 amide bonds. The van der Waals surface area contributed by atoms with Gasteiger partial charge in [0.1, 0.15) is 0 Å². The van der Waals surface area contributed by atoms with Crippen molar-refractivity contribution in [3.05, 3.63) is 23.9 Å². The van der Waals surface area contributed by atoms with Gasteiger partial charge in [-0.25, -0.2) is 13.4 Å². The van der Waals surface area contributed by atoms with Gasteiger partial charge in [-0.15, -0.1) is 0 Å². The maximum atomic E-state index is 10.7. The maximum Gasteiger partial charge on any atom is 0.278 e. The Kier molecular flexibility index (Phi) is 2.66. The highest BCUT2D eigenvalue weighted by molar-refractivity contribution is 8.13. The van der Waals surface area contributed by atoms with E-state index in [4.69, 9.17) is 15.8 Å². The average Bonchev–Trinajstić information content (AvgIpc) is 2.03. The molecule has 0 saturated carbocycles. The molecule has 1 N–H and O–H groups in total. The smallest absolute Gasteiger partial charge is 0.278 e. The summed E-state index contributed by atoms with van der Waals surface area (Å²) in [5.41, 5.74) is 0.462. The van der Waals surface area contributed by atoms with Crippen LogP contribution in [0.1, 0.15) is 5.56 Å². The molecule has 0 saturated heterocycles. The molecule has 1 rings (SSSR count). The zero-order valence-corrected chi connectivity index (χ0v) is 7.51. The van der Waals surface area contributed by atoms with Crippen LogP contribution < -0.4 is 0 Å². The minimum absolute atomic E-state index is 0.234. The van der Waals surface area contributed by atoms with Crippen LogP contribution in [0.2, 0.25) is 0 Å². The van der Waals surface area contributed by atoms with Gasteiger partial charge in [0.05, 0.1) is 6.61 Å². The minimum Gasteiger partial charge on any atom is -0.392 e. The fourth-order valence-corrected chi connectivity index (χ4v) is 1.41. The van der Waals surface area contributed by atoms with E-state index < -0.39 is 9.05 Å². The Hall–Kier alpha value is -0.650. The monoisotopic (exact) mass is 207 g/mol. The van der Waals surface area contributed by atoms with E-state index in [1.807, 2.05) is 0 Å². The average molecular weight is 208 g/mol. The molecule has 1 heterocycles. The number of aromatic nitrogens is 1. The summed E-state index contributed by atoms with van der Waals surface area (Å²) < 4.78 is 21.4. The largest absolute Gasteiger partial charge is 0.392 e. The van der Waals surface area contributed by atoms with Gasteiger partial charge in [0.25, 0.3) is 9.05 Å². The molecular weight excluding hydrogens is 202 g/mol. The molecular formula is C6H6ClNO3S. The molecule has 0 aliphatic carbocycles. The minimum atomic E-state index is -3.79. The molecule has 0 bridgehead atoms. The van der Waals surface area contributed by atoms with Crippen LogP contribution in [0.15, 0.2) is 23.4 Å². The zero-order valence-electron chi connectivity index (χ0n) is 5.94. The Morgan fingerprint density at radius 2 is 2.25 bits per heavy atom. The predicted octanol–water partition coefficient (Wildman–Crippen LogP) is 0.501. The molecule has 0 aromatic carbocycles. The topological polar surface area (TPSA) is 67.3 Å². The van der Waals surface area contributed by atoms with E-state index in [0.717, 1.165) is 0 Å². The van der Waals surface area contributed by atoms with Gasteiger partial charge in [-0.1, -0.05) is 0 Å². The molecule has 0 unspecified atom stereocenters. The molecule has 0 radical (unpaired) electrons. The standard InChI is InChI=1S/C6H6ClNO3S/c7-12(10,11)6-3-5(4-9)1-2-8-6/h1-3,9H,4H2. The lowest BCUT2D eigenvalue weighted by Gasteiger charge is -1.97. The van der Waals surface area contributed by atoms with E-state index in [-0.39, 0.29) is 11.6 Å². The summed E-state index contributed by atoms with van der Waals surface area (Å²) >= 11 is 0. The van der Waals surface area contributed by atoms with E-state index in [1.54, 1.807) is 0 Å². The molecule has 0 aliphatic heterocycles. The molecule has 0 atom stereocenters. The van der Waals surface area contributed by atoms with Crippen LogP contribution in [0.5, 0.6) is 0 Å². The van der Waals surface area contributed by atoms with Crippen molar-refractivity contribution >= 4 is 19.7 Å². The van der Waals surface area contributed by atoms with Gasteiger partial charge in [-0.05, 0) is 17.7 Å². The second-order valence-corrected chi connectivity index (χ2v) is 4.61. The molecule has 4 nitrogen and oxygen atoms in total. The number of hydrogen-bond donors (Lipinski definition) is 1. The summed E-state index contributed by atoms with van der Waals surface area (Å²) in [6.07, 6.45) is 1.28. The van der Waals surface area contributed by atoms with Crippen LogP contribution in [0.4, 0.5) is 0 Å². The number of nitrogens with zero attached hydrogens (tertiary/aromatic N) is 1. The van der Waals surface area contributed by atoms with Crippen LogP contribution in [-0.4, -0.2) is 18.5 Å². The van der Waals surface area contributed by atoms with Gasteiger partial charge in [-0.3, -0.25) is 0 Å². The van der Waals surface area contributed by atoms with Crippen molar-refractivity contribution in [2.24, 2.45) is 0 Å². The highest BCUT2D eigenvalue weighted by Crippen LogP contribution is 2.12. The van der Waals surface area contributed by atoms with Crippen molar-refractivity contribution in [2.75, 3.05) is 0 Å². The van der Waals surface area contributed by atoms with E-state index in [0.29, 0.717) is 5.56 Å². The van der Waals surface area contributed by atoms with Gasteiger partial charge in [0.15, 0.2) is 5.03 Å². The summed E-state index contributed by atoms with van der Waals surface area (Å²) in [4.78, 5) is 3.53. The van der Waals surface area contributed by atoms with Gasteiger partial charge in [0, 0.05) is 16.9 Å². The summed E-state index contributed by atoms with van der Waals surface area (Å²) in [6.45, 7) is -0.234. The summed E-state index contributed by atoms with van der Waals surface area (Å²) in [6, 6.07) is 2.73. The normalized spacial score (nSPS) is 11.5. The molecule has 1 aromatic heterocycles. The van der Waals surface area contributed by atoms with Crippen molar-refractivity contribution in [3.8, 4) is 0 Å². The quantitative estimate of drug-likeness (QED) is 0.718. The second-order valence-electron chi connectivity index (χ2n) is 2.10. The molecule has 1 aromatic rings. The van der Waals surface area contributed by atoms with Gasteiger partial charge < -0.3 is 5.11 Å². The molecule has 0 spiro atoms. The number of halogens is 1. The molecule has 66 valence electrons. The third-order valence-electron chi connectivity index (χ3n) is 1.23. The van der Waals surface area contributed by atoms with Gasteiger partial charge in [-0.2, -0.15) is 0 Å². The van der Waals surface area contributed by atoms with Crippen LogP contribution in [0.25, 0.3) is 0 Å². The third kappa shape index (κ3) is 2.17. The van der Waals surface area contributed by atoms with Crippen LogP contribution in [0, 0.1) is 0 Å². The first-order chi connectivity index (χ1) is 5.54. The van der Waals surface area contributed by atoms with E-state index in [2.05, 4.69) is 4.98 Å². The number of pyridine rings is 1. The van der Waals surface area contributed by atoms with E-state index in [1.165, 1.54) is 18.3 Å². The zero-order chi connectivity index (χ0) is 9.19. The predicted molar refractivity (Wildman–Crippen MR) is 43.2 cm³/mol. The van der Waals surface area contributed by atoms with Crippen molar-refractivity contribution < 1.29 is 13.5 Å². The first kappa shape index (κ1) is 9.44. The van der Waals surface area contributed by atoms with E-state index >= 15 is 0 Å². The highest BCUT2D eigenvalue weighted by Gasteiger charge is 2.11. The number of rotatable bonds is 2. The van der Waals surface area contributed by atoms with Crippen molar-refractivity contribution in [1.29, 1.82) is 0 Å². The van der Waals surface area contributed by atoms with Crippen molar-refractivity contribution in [3.63, 3.8) is 0 Å². The Morgan fingerprint density at radius 1 is 1.58 bits per heavy atom. The number of hydrogen-bond acceptors (Lipinski definition) is 4. The Morgan fingerprint density at radius 3 is 2.75 bits per heavy atom. The first-order valence-electron chi connectivity index (χ1n) is 3.04. The third-order valence-corrected chi connectivity index (χ3v) is 2.43. The van der Waals surface area contributed by atoms with Crippen LogP contribution >= 0.6 is 10.7 Å². The molecule has 0 aliphatic rings. The van der Waals surface area contributed by atoms with Crippen LogP contribution in [0.3, 0.4) is 0 Å². The number of aliphatic hydroxyl groups is 1. The SMILES string of the molecule is O=S(=O)(Cl)c1cc(CO)ccn1. The fraction of sp³-hybridized carbons (Fsp3) is 0.167. The van der Waals surface area contributed by atoms with Gasteiger partial charge >= 0.3 is 0 Å². The maximum absolute atomic E-state index is 10.7. The van der Waals surface area contributed by atoms with Crippen LogP contribution in [-0.2, 0) is 15.7 Å². The van der Waals surface area contributed by atoms with Crippen molar-refractivity contribution in [1.82, 2.24) is 4.98 Å². The van der Waals surface area contributed by atoms with E-state index in [9.17, 15) is 8.42 Å². The second kappa shape index (κ2) is 3.38. The van der Waals surface area contributed by atoms with Gasteiger partial charge in [0.2, 0.25) is 0 Å². The Labute approximate surface area is 74.2 Å². The molecule has 6 heteroatoms.